The van der Waals surface area contributed by atoms with Crippen LogP contribution >= 0.6 is 22.9 Å². The number of hydrogen-bond donors (Lipinski definition) is 0. The number of benzene rings is 3. The lowest BCUT2D eigenvalue weighted by molar-refractivity contribution is -0.136. The standard InChI is InChI=1S/C35H33ClN2O5S/c1-5-11-25-18-23(19-28(42-7-3)32(25)43-21-22-14-16-26(36)17-15-22)20-29-33(39)38-31(24-12-9-8-10-13-24)30(34(40)41-4)27(6-2)37-35(38)44-29/h5,8-10,12-20,31H,1,6-7,11,21H2,2-4H3/b29-20-/t31-/m1/s1. The van der Waals surface area contributed by atoms with Gasteiger partial charge in [-0.25, -0.2) is 9.79 Å². The molecule has 0 saturated carbocycles. The fourth-order valence-corrected chi connectivity index (χ4v) is 6.35. The minimum absolute atomic E-state index is 0.245. The van der Waals surface area contributed by atoms with Crippen molar-refractivity contribution in [1.29, 1.82) is 0 Å². The van der Waals surface area contributed by atoms with E-state index in [1.54, 1.807) is 10.6 Å². The van der Waals surface area contributed by atoms with Gasteiger partial charge in [0.2, 0.25) is 0 Å². The maximum atomic E-state index is 14.1. The van der Waals surface area contributed by atoms with Crippen molar-refractivity contribution in [3.63, 3.8) is 0 Å². The highest BCUT2D eigenvalue weighted by atomic mass is 35.5. The second kappa shape index (κ2) is 13.9. The number of rotatable bonds is 11. The molecule has 7 nitrogen and oxygen atoms in total. The molecular weight excluding hydrogens is 596 g/mol. The zero-order chi connectivity index (χ0) is 31.2. The second-order valence-electron chi connectivity index (χ2n) is 10.0. The fourth-order valence-electron chi connectivity index (χ4n) is 5.20. The molecule has 0 radical (unpaired) electrons. The van der Waals surface area contributed by atoms with Gasteiger partial charge in [-0.1, -0.05) is 78.4 Å². The first-order chi connectivity index (χ1) is 21.4. The summed E-state index contributed by atoms with van der Waals surface area (Å²) in [5.74, 6) is 0.696. The van der Waals surface area contributed by atoms with Gasteiger partial charge in [0.25, 0.3) is 5.56 Å². The molecule has 0 unspecified atom stereocenters. The van der Waals surface area contributed by atoms with Gasteiger partial charge in [0.05, 0.1) is 35.6 Å². The Hall–Kier alpha value is -4.40. The molecule has 1 aliphatic heterocycles. The number of halogens is 1. The molecule has 226 valence electrons. The molecule has 0 aliphatic carbocycles. The third-order valence-corrected chi connectivity index (χ3v) is 8.41. The number of allylic oxidation sites excluding steroid dienone is 2. The summed E-state index contributed by atoms with van der Waals surface area (Å²) in [4.78, 5) is 32.4. The van der Waals surface area contributed by atoms with Crippen molar-refractivity contribution in [2.45, 2.75) is 39.3 Å². The van der Waals surface area contributed by atoms with Crippen molar-refractivity contribution in [3.8, 4) is 11.5 Å². The number of fused-ring (bicyclic) bond motifs is 1. The summed E-state index contributed by atoms with van der Waals surface area (Å²) in [7, 11) is 1.34. The molecule has 0 N–H and O–H groups in total. The lowest BCUT2D eigenvalue weighted by atomic mass is 9.95. The minimum atomic E-state index is -0.657. The quantitative estimate of drug-likeness (QED) is 0.147. The van der Waals surface area contributed by atoms with E-state index in [0.717, 1.165) is 22.3 Å². The SMILES string of the molecule is C=CCc1cc(/C=c2\sc3n(c2=O)[C@H](c2ccccc2)C(C(=O)OC)=C(CC)N=3)cc(OCC)c1OCc1ccc(Cl)cc1. The first kappa shape index (κ1) is 31.0. The Morgan fingerprint density at radius 2 is 1.84 bits per heavy atom. The molecule has 44 heavy (non-hydrogen) atoms. The van der Waals surface area contributed by atoms with Crippen LogP contribution in [0.2, 0.25) is 5.02 Å². The van der Waals surface area contributed by atoms with Crippen LogP contribution in [-0.2, 0) is 22.6 Å². The van der Waals surface area contributed by atoms with Gasteiger partial charge in [0, 0.05) is 10.6 Å². The predicted molar refractivity (Wildman–Crippen MR) is 174 cm³/mol. The van der Waals surface area contributed by atoms with E-state index in [1.165, 1.54) is 18.4 Å². The summed E-state index contributed by atoms with van der Waals surface area (Å²) in [5.41, 5.74) is 4.15. The van der Waals surface area contributed by atoms with E-state index in [-0.39, 0.29) is 5.56 Å². The zero-order valence-electron chi connectivity index (χ0n) is 24.8. The predicted octanol–water partition coefficient (Wildman–Crippen LogP) is 6.16. The maximum Gasteiger partial charge on any atom is 0.338 e. The second-order valence-corrected chi connectivity index (χ2v) is 11.5. The number of nitrogens with zero attached hydrogens (tertiary/aromatic N) is 2. The maximum absolute atomic E-state index is 14.1. The van der Waals surface area contributed by atoms with Crippen molar-refractivity contribution < 1.29 is 19.0 Å². The molecule has 5 rings (SSSR count). The molecule has 0 spiro atoms. The van der Waals surface area contributed by atoms with Crippen LogP contribution in [0.3, 0.4) is 0 Å². The van der Waals surface area contributed by atoms with Crippen molar-refractivity contribution >= 4 is 35.0 Å². The average molecular weight is 629 g/mol. The fraction of sp³-hybridized carbons (Fsp3) is 0.229. The Labute approximate surface area is 265 Å². The summed E-state index contributed by atoms with van der Waals surface area (Å²) in [5, 5.41) is 0.660. The van der Waals surface area contributed by atoms with Crippen molar-refractivity contribution in [2.75, 3.05) is 13.7 Å². The first-order valence-electron chi connectivity index (χ1n) is 14.3. The molecule has 1 aromatic heterocycles. The lowest BCUT2D eigenvalue weighted by Gasteiger charge is -2.25. The van der Waals surface area contributed by atoms with Gasteiger partial charge in [0.15, 0.2) is 16.3 Å². The van der Waals surface area contributed by atoms with Crippen molar-refractivity contribution in [3.05, 3.63) is 138 Å². The largest absolute Gasteiger partial charge is 0.490 e. The average Bonchev–Trinajstić information content (AvgIpc) is 3.34. The highest BCUT2D eigenvalue weighted by Gasteiger charge is 2.33. The molecule has 0 amide bonds. The Bertz CT molecular complexity index is 1890. The smallest absolute Gasteiger partial charge is 0.338 e. The van der Waals surface area contributed by atoms with E-state index in [1.807, 2.05) is 86.7 Å². The molecule has 0 saturated heterocycles. The van der Waals surface area contributed by atoms with Crippen LogP contribution < -0.4 is 24.4 Å². The number of aromatic nitrogens is 1. The molecule has 9 heteroatoms. The third-order valence-electron chi connectivity index (χ3n) is 7.18. The minimum Gasteiger partial charge on any atom is -0.490 e. The first-order valence-corrected chi connectivity index (χ1v) is 15.5. The summed E-state index contributed by atoms with van der Waals surface area (Å²) in [6.07, 6.45) is 4.68. The number of carbonyl (C=O) groups excluding carboxylic acids is 1. The van der Waals surface area contributed by atoms with E-state index in [9.17, 15) is 9.59 Å². The summed E-state index contributed by atoms with van der Waals surface area (Å²) < 4.78 is 19.5. The number of esters is 1. The Kier molecular flexibility index (Phi) is 9.82. The van der Waals surface area contributed by atoms with Crippen LogP contribution in [0.15, 0.2) is 100 Å². The van der Waals surface area contributed by atoms with E-state index >= 15 is 0 Å². The molecule has 0 bridgehead atoms. The van der Waals surface area contributed by atoms with E-state index < -0.39 is 12.0 Å². The van der Waals surface area contributed by atoms with E-state index in [2.05, 4.69) is 6.58 Å². The third kappa shape index (κ3) is 6.42. The topological polar surface area (TPSA) is 79.1 Å². The molecule has 2 heterocycles. The van der Waals surface area contributed by atoms with Gasteiger partial charge in [-0.2, -0.15) is 0 Å². The number of methoxy groups -OCH3 is 1. The van der Waals surface area contributed by atoms with Crippen LogP contribution in [-0.4, -0.2) is 24.3 Å². The highest BCUT2D eigenvalue weighted by Crippen LogP contribution is 2.35. The van der Waals surface area contributed by atoms with E-state index in [0.29, 0.717) is 63.2 Å². The lowest BCUT2D eigenvalue weighted by Crippen LogP contribution is -2.40. The van der Waals surface area contributed by atoms with Crippen molar-refractivity contribution in [2.24, 2.45) is 4.99 Å². The zero-order valence-corrected chi connectivity index (χ0v) is 26.4. The van der Waals surface area contributed by atoms with Gasteiger partial charge < -0.3 is 14.2 Å². The molecule has 3 aromatic carbocycles. The Balaban J connectivity index is 1.63. The molecule has 4 aromatic rings. The van der Waals surface area contributed by atoms with Crippen LogP contribution in [0.1, 0.15) is 48.6 Å². The van der Waals surface area contributed by atoms with Crippen LogP contribution in [0.25, 0.3) is 6.08 Å². The Morgan fingerprint density at radius 3 is 2.50 bits per heavy atom. The number of carbonyl (C=O) groups is 1. The molecule has 1 aliphatic rings. The number of hydrogen-bond acceptors (Lipinski definition) is 7. The molecule has 1 atom stereocenters. The van der Waals surface area contributed by atoms with Crippen molar-refractivity contribution in [1.82, 2.24) is 4.57 Å². The van der Waals surface area contributed by atoms with Crippen LogP contribution in [0, 0.1) is 0 Å². The van der Waals surface area contributed by atoms with Gasteiger partial charge in [-0.05, 0) is 66.8 Å². The molecule has 0 fully saturated rings. The van der Waals surface area contributed by atoms with Crippen LogP contribution in [0.4, 0.5) is 0 Å². The monoisotopic (exact) mass is 628 g/mol. The van der Waals surface area contributed by atoms with Gasteiger partial charge >= 0.3 is 5.97 Å². The van der Waals surface area contributed by atoms with Crippen LogP contribution in [0.5, 0.6) is 11.5 Å². The summed E-state index contributed by atoms with van der Waals surface area (Å²) in [6.45, 7) is 8.54. The molecular formula is C35H33ClN2O5S. The summed E-state index contributed by atoms with van der Waals surface area (Å²) >= 11 is 7.33. The van der Waals surface area contributed by atoms with Gasteiger partial charge in [-0.15, -0.1) is 6.58 Å². The number of ether oxygens (including phenoxy) is 3. The van der Waals surface area contributed by atoms with E-state index in [4.69, 9.17) is 30.8 Å². The normalized spacial score (nSPS) is 14.5. The summed E-state index contributed by atoms with van der Waals surface area (Å²) in [6, 6.07) is 20.2. The number of thiazole rings is 1. The Morgan fingerprint density at radius 1 is 1.09 bits per heavy atom. The highest BCUT2D eigenvalue weighted by molar-refractivity contribution is 7.07. The van der Waals surface area contributed by atoms with Gasteiger partial charge in [-0.3, -0.25) is 9.36 Å². The van der Waals surface area contributed by atoms with Gasteiger partial charge in [0.1, 0.15) is 6.61 Å².